The highest BCUT2D eigenvalue weighted by Gasteiger charge is 2.45. The first kappa shape index (κ1) is 17.5. The minimum absolute atomic E-state index is 0.380. The van der Waals surface area contributed by atoms with Gasteiger partial charge in [0.05, 0.1) is 5.71 Å². The third-order valence-electron chi connectivity index (χ3n) is 6.76. The highest BCUT2D eigenvalue weighted by atomic mass is 14.5. The van der Waals surface area contributed by atoms with E-state index in [4.69, 9.17) is 5.41 Å². The highest BCUT2D eigenvalue weighted by molar-refractivity contribution is 6.10. The minimum atomic E-state index is 0.380. The molecule has 0 aromatic heterocycles. The quantitative estimate of drug-likeness (QED) is 0.613. The summed E-state index contributed by atoms with van der Waals surface area (Å²) in [6.07, 6.45) is 6.88. The first-order valence-corrected chi connectivity index (χ1v) is 10.2. The van der Waals surface area contributed by atoms with Crippen molar-refractivity contribution in [3.8, 4) is 0 Å². The van der Waals surface area contributed by atoms with E-state index < -0.39 is 0 Å². The molecule has 2 bridgehead atoms. The van der Waals surface area contributed by atoms with E-state index >= 15 is 0 Å². The molecular formula is C25H31N. The molecule has 0 amide bonds. The lowest BCUT2D eigenvalue weighted by Gasteiger charge is -2.50. The maximum atomic E-state index is 8.56. The number of benzene rings is 2. The Morgan fingerprint density at radius 3 is 1.85 bits per heavy atom. The minimum Gasteiger partial charge on any atom is -0.300 e. The van der Waals surface area contributed by atoms with Gasteiger partial charge in [0.25, 0.3) is 0 Å². The second-order valence-corrected chi connectivity index (χ2v) is 9.26. The lowest BCUT2D eigenvalue weighted by molar-refractivity contribution is 0.0780. The largest absolute Gasteiger partial charge is 0.300 e. The maximum absolute atomic E-state index is 8.56. The Morgan fingerprint density at radius 1 is 0.808 bits per heavy atom. The van der Waals surface area contributed by atoms with Crippen LogP contribution in [0.4, 0.5) is 0 Å². The summed E-state index contributed by atoms with van der Waals surface area (Å²) in [7, 11) is 0. The van der Waals surface area contributed by atoms with Crippen molar-refractivity contribution >= 4 is 5.71 Å². The molecule has 2 aromatic rings. The summed E-state index contributed by atoms with van der Waals surface area (Å²) in [6.45, 7) is 6.97. The van der Waals surface area contributed by atoms with E-state index in [1.165, 1.54) is 43.2 Å². The van der Waals surface area contributed by atoms with Gasteiger partial charge >= 0.3 is 0 Å². The van der Waals surface area contributed by atoms with Crippen LogP contribution in [-0.2, 0) is 5.41 Å². The molecule has 0 saturated heterocycles. The van der Waals surface area contributed by atoms with Crippen molar-refractivity contribution in [1.82, 2.24) is 0 Å². The highest BCUT2D eigenvalue weighted by Crippen LogP contribution is 2.53. The van der Waals surface area contributed by atoms with Gasteiger partial charge in [-0.1, -0.05) is 67.9 Å². The van der Waals surface area contributed by atoms with Crippen molar-refractivity contribution in [3.05, 3.63) is 70.8 Å². The molecule has 2 aliphatic rings. The van der Waals surface area contributed by atoms with Crippen LogP contribution in [0.2, 0.25) is 0 Å². The fourth-order valence-electron chi connectivity index (χ4n) is 5.94. The molecule has 2 saturated carbocycles. The second kappa shape index (κ2) is 6.68. The summed E-state index contributed by atoms with van der Waals surface area (Å²) in [6, 6.07) is 17.3. The Hall–Kier alpha value is -1.89. The fraction of sp³-hybridized carbons (Fsp3) is 0.480. The van der Waals surface area contributed by atoms with Gasteiger partial charge in [0.15, 0.2) is 0 Å². The van der Waals surface area contributed by atoms with Crippen LogP contribution in [0.5, 0.6) is 0 Å². The van der Waals surface area contributed by atoms with Crippen molar-refractivity contribution < 1.29 is 0 Å². The van der Waals surface area contributed by atoms with Gasteiger partial charge in [-0.2, -0.15) is 0 Å². The molecule has 2 aromatic carbocycles. The summed E-state index contributed by atoms with van der Waals surface area (Å²) < 4.78 is 0. The molecule has 1 nitrogen and oxygen atoms in total. The van der Waals surface area contributed by atoms with Gasteiger partial charge < -0.3 is 0 Å². The molecule has 0 heterocycles. The molecule has 2 unspecified atom stereocenters. The molecular weight excluding hydrogens is 314 g/mol. The van der Waals surface area contributed by atoms with Crippen molar-refractivity contribution in [2.75, 3.05) is 0 Å². The molecule has 136 valence electrons. The zero-order valence-corrected chi connectivity index (χ0v) is 16.4. The molecule has 0 spiro atoms. The average molecular weight is 346 g/mol. The van der Waals surface area contributed by atoms with Gasteiger partial charge in [0, 0.05) is 11.1 Å². The Bertz CT molecular complexity index is 764. The molecule has 2 fully saturated rings. The van der Waals surface area contributed by atoms with Crippen molar-refractivity contribution in [2.24, 2.45) is 17.8 Å². The predicted octanol–water partition coefficient (Wildman–Crippen LogP) is 6.52. The molecule has 0 radical (unpaired) electrons. The number of rotatable bonds is 3. The van der Waals surface area contributed by atoms with Crippen molar-refractivity contribution in [1.29, 1.82) is 5.41 Å². The lowest BCUT2D eigenvalue weighted by Crippen LogP contribution is -2.42. The van der Waals surface area contributed by atoms with Crippen LogP contribution >= 0.6 is 0 Å². The first-order valence-electron chi connectivity index (χ1n) is 10.2. The van der Waals surface area contributed by atoms with E-state index in [1.54, 1.807) is 0 Å². The summed E-state index contributed by atoms with van der Waals surface area (Å²) in [4.78, 5) is 0. The Labute approximate surface area is 158 Å². The fourth-order valence-corrected chi connectivity index (χ4v) is 5.94. The normalized spacial score (nSPS) is 30.8. The van der Waals surface area contributed by atoms with E-state index in [9.17, 15) is 0 Å². The van der Waals surface area contributed by atoms with Gasteiger partial charge in [0.1, 0.15) is 0 Å². The Morgan fingerprint density at radius 2 is 1.31 bits per heavy atom. The zero-order chi connectivity index (χ0) is 18.3. The number of hydrogen-bond donors (Lipinski definition) is 1. The molecule has 0 aliphatic heterocycles. The lowest BCUT2D eigenvalue weighted by atomic mass is 9.54. The number of hydrogen-bond acceptors (Lipinski definition) is 1. The smallest absolute Gasteiger partial charge is 0.0684 e. The van der Waals surface area contributed by atoms with E-state index in [2.05, 4.69) is 69.3 Å². The molecule has 4 rings (SSSR count). The van der Waals surface area contributed by atoms with Gasteiger partial charge in [-0.25, -0.2) is 0 Å². The van der Waals surface area contributed by atoms with Gasteiger partial charge in [-0.05, 0) is 67.8 Å². The number of nitrogens with one attached hydrogen (secondary N) is 1. The second-order valence-electron chi connectivity index (χ2n) is 9.26. The van der Waals surface area contributed by atoms with Crippen LogP contribution < -0.4 is 0 Å². The van der Waals surface area contributed by atoms with Crippen LogP contribution in [0.15, 0.2) is 48.5 Å². The first-order chi connectivity index (χ1) is 12.4. The van der Waals surface area contributed by atoms with E-state index in [0.717, 1.165) is 28.9 Å². The van der Waals surface area contributed by atoms with Crippen molar-refractivity contribution in [2.45, 2.75) is 58.3 Å². The van der Waals surface area contributed by atoms with E-state index in [1.807, 2.05) is 0 Å². The summed E-state index contributed by atoms with van der Waals surface area (Å²) >= 11 is 0. The monoisotopic (exact) mass is 345 g/mol. The zero-order valence-electron chi connectivity index (χ0n) is 16.4. The van der Waals surface area contributed by atoms with Crippen LogP contribution in [0.1, 0.15) is 68.2 Å². The van der Waals surface area contributed by atoms with Crippen LogP contribution in [0.3, 0.4) is 0 Å². The molecule has 2 atom stereocenters. The third kappa shape index (κ3) is 3.24. The summed E-state index contributed by atoms with van der Waals surface area (Å²) in [5, 5.41) is 8.56. The Kier molecular flexibility index (Phi) is 4.50. The summed E-state index contributed by atoms with van der Waals surface area (Å²) in [5.41, 5.74) is 5.78. The predicted molar refractivity (Wildman–Crippen MR) is 110 cm³/mol. The van der Waals surface area contributed by atoms with Gasteiger partial charge in [0.2, 0.25) is 0 Å². The van der Waals surface area contributed by atoms with Gasteiger partial charge in [-0.3, -0.25) is 5.41 Å². The number of aryl methyl sites for hydroxylation is 1. The SMILES string of the molecule is Cc1ccc(C(=N)c2ccc(C34CC(C)CC(CC(C)C3)C4)cc2)cc1. The van der Waals surface area contributed by atoms with E-state index in [0.29, 0.717) is 11.1 Å². The number of fused-ring (bicyclic) bond motifs is 2. The van der Waals surface area contributed by atoms with Crippen LogP contribution in [0, 0.1) is 30.1 Å². The van der Waals surface area contributed by atoms with Gasteiger partial charge in [-0.15, -0.1) is 0 Å². The summed E-state index contributed by atoms with van der Waals surface area (Å²) in [5.74, 6) is 2.59. The van der Waals surface area contributed by atoms with Crippen molar-refractivity contribution in [3.63, 3.8) is 0 Å². The average Bonchev–Trinajstić information content (AvgIpc) is 2.60. The third-order valence-corrected chi connectivity index (χ3v) is 6.76. The van der Waals surface area contributed by atoms with Crippen LogP contribution in [-0.4, -0.2) is 5.71 Å². The molecule has 2 aliphatic carbocycles. The Balaban J connectivity index is 1.61. The van der Waals surface area contributed by atoms with E-state index in [-0.39, 0.29) is 0 Å². The molecule has 1 heteroatoms. The standard InChI is InChI=1S/C25H31N/c1-17-4-6-21(7-5-17)24(26)22-8-10-23(11-9-22)25-14-18(2)12-20(16-25)13-19(3)15-25/h4-11,18-20,26H,12-16H2,1-3H3. The maximum Gasteiger partial charge on any atom is 0.0684 e. The molecule has 26 heavy (non-hydrogen) atoms. The topological polar surface area (TPSA) is 23.9 Å². The molecule has 1 N–H and O–H groups in total. The van der Waals surface area contributed by atoms with Crippen LogP contribution in [0.25, 0.3) is 0 Å².